The number of pyridine rings is 2. The maximum absolute atomic E-state index is 13.4. The summed E-state index contributed by atoms with van der Waals surface area (Å²) in [6, 6.07) is 13.3. The number of carbonyl (C=O) groups excluding carboxylic acids is 1. The lowest BCUT2D eigenvalue weighted by Gasteiger charge is -2.40. The number of nitrogens with zero attached hydrogens (tertiary/aromatic N) is 5. The van der Waals surface area contributed by atoms with Crippen LogP contribution in [0.3, 0.4) is 0 Å². The topological polar surface area (TPSA) is 108 Å². The zero-order valence-electron chi connectivity index (χ0n) is 22.0. The van der Waals surface area contributed by atoms with Gasteiger partial charge in [-0.2, -0.15) is 18.4 Å². The SMILES string of the molecule is CCOc1ncccc1-c1ccc2c(c1)N(C(=O)CCN)CC21CCN(c2cc(C(F)(F)F)cc(C#N)n2)CC1. The summed E-state index contributed by atoms with van der Waals surface area (Å²) >= 11 is 0. The molecule has 8 nitrogen and oxygen atoms in total. The Morgan fingerprint density at radius 3 is 2.65 bits per heavy atom. The fourth-order valence-corrected chi connectivity index (χ4v) is 5.68. The molecule has 1 fully saturated rings. The molecule has 2 aliphatic rings. The molecular weight excluding hydrogens is 521 g/mol. The molecule has 0 unspecified atom stereocenters. The molecule has 0 aliphatic carbocycles. The highest BCUT2D eigenvalue weighted by Crippen LogP contribution is 2.49. The Hall–Kier alpha value is -4.17. The van der Waals surface area contributed by atoms with E-state index < -0.39 is 11.7 Å². The van der Waals surface area contributed by atoms with E-state index in [0.717, 1.165) is 34.5 Å². The van der Waals surface area contributed by atoms with Crippen molar-refractivity contribution in [2.45, 2.75) is 37.8 Å². The quantitative estimate of drug-likeness (QED) is 0.475. The lowest BCUT2D eigenvalue weighted by atomic mass is 9.74. The number of anilines is 2. The highest BCUT2D eigenvalue weighted by atomic mass is 19.4. The van der Waals surface area contributed by atoms with E-state index in [1.165, 1.54) is 0 Å². The largest absolute Gasteiger partial charge is 0.478 e. The number of alkyl halides is 3. The van der Waals surface area contributed by atoms with E-state index in [2.05, 4.69) is 9.97 Å². The monoisotopic (exact) mass is 550 g/mol. The van der Waals surface area contributed by atoms with Gasteiger partial charge >= 0.3 is 6.18 Å². The van der Waals surface area contributed by atoms with E-state index in [1.54, 1.807) is 22.1 Å². The number of nitriles is 1. The Morgan fingerprint density at radius 2 is 1.98 bits per heavy atom. The molecule has 2 N–H and O–H groups in total. The van der Waals surface area contributed by atoms with Crippen LogP contribution in [0.25, 0.3) is 11.1 Å². The molecular formula is C29H29F3N6O2. The number of aromatic nitrogens is 2. The molecule has 208 valence electrons. The predicted molar refractivity (Wildman–Crippen MR) is 144 cm³/mol. The average Bonchev–Trinajstić information content (AvgIpc) is 3.26. The summed E-state index contributed by atoms with van der Waals surface area (Å²) in [5, 5.41) is 9.25. The van der Waals surface area contributed by atoms with Crippen LogP contribution in [0.1, 0.15) is 43.0 Å². The van der Waals surface area contributed by atoms with E-state index in [1.807, 2.05) is 37.3 Å². The second kappa shape index (κ2) is 10.8. The van der Waals surface area contributed by atoms with E-state index in [-0.39, 0.29) is 35.8 Å². The first-order chi connectivity index (χ1) is 19.2. The van der Waals surface area contributed by atoms with Crippen molar-refractivity contribution < 1.29 is 22.7 Å². The molecule has 4 heterocycles. The second-order valence-electron chi connectivity index (χ2n) is 10.0. The van der Waals surface area contributed by atoms with E-state index in [9.17, 15) is 23.2 Å². The minimum absolute atomic E-state index is 0.0744. The number of benzene rings is 1. The summed E-state index contributed by atoms with van der Waals surface area (Å²) < 4.78 is 46.1. The van der Waals surface area contributed by atoms with Crippen molar-refractivity contribution in [3.8, 4) is 23.1 Å². The number of halogens is 3. The standard InChI is InChI=1S/C29H29F3N6O2/c1-2-40-27-22(4-3-11-35-27)19-5-6-23-24(14-19)38(26(39)7-10-33)18-28(23)8-12-37(13-9-28)25-16-20(29(30,31)32)15-21(17-34)36-25/h3-6,11,14-16H,2,7-10,12-13,18,33H2,1H3. The molecule has 0 bridgehead atoms. The van der Waals surface area contributed by atoms with Crippen LogP contribution in [0.2, 0.25) is 0 Å². The average molecular weight is 551 g/mol. The summed E-state index contributed by atoms with van der Waals surface area (Å²) in [6.45, 7) is 3.90. The van der Waals surface area contributed by atoms with Gasteiger partial charge in [-0.3, -0.25) is 4.79 Å². The van der Waals surface area contributed by atoms with Gasteiger partial charge in [-0.25, -0.2) is 9.97 Å². The third-order valence-corrected chi connectivity index (χ3v) is 7.64. The van der Waals surface area contributed by atoms with Crippen LogP contribution >= 0.6 is 0 Å². The van der Waals surface area contributed by atoms with Gasteiger partial charge in [-0.15, -0.1) is 0 Å². The fourth-order valence-electron chi connectivity index (χ4n) is 5.68. The molecule has 1 aromatic carbocycles. The maximum Gasteiger partial charge on any atom is 0.416 e. The van der Waals surface area contributed by atoms with Crippen molar-refractivity contribution in [3.05, 3.63) is 65.5 Å². The molecule has 1 saturated heterocycles. The first-order valence-electron chi connectivity index (χ1n) is 13.2. The van der Waals surface area contributed by atoms with Gasteiger partial charge < -0.3 is 20.3 Å². The van der Waals surface area contributed by atoms with Crippen molar-refractivity contribution in [1.82, 2.24) is 9.97 Å². The van der Waals surface area contributed by atoms with Crippen LogP contribution in [0.4, 0.5) is 24.7 Å². The smallest absolute Gasteiger partial charge is 0.416 e. The summed E-state index contributed by atoms with van der Waals surface area (Å²) in [7, 11) is 0. The van der Waals surface area contributed by atoms with Crippen molar-refractivity contribution in [3.63, 3.8) is 0 Å². The number of hydrogen-bond donors (Lipinski definition) is 1. The molecule has 1 spiro atoms. The number of fused-ring (bicyclic) bond motifs is 2. The second-order valence-corrected chi connectivity index (χ2v) is 10.0. The van der Waals surface area contributed by atoms with Crippen LogP contribution in [0, 0.1) is 11.3 Å². The van der Waals surface area contributed by atoms with E-state index in [4.69, 9.17) is 10.5 Å². The number of rotatable bonds is 6. The summed E-state index contributed by atoms with van der Waals surface area (Å²) in [4.78, 5) is 25.3. The number of piperidine rings is 1. The van der Waals surface area contributed by atoms with Crippen LogP contribution in [-0.4, -0.2) is 48.7 Å². The highest BCUT2D eigenvalue weighted by molar-refractivity contribution is 5.97. The van der Waals surface area contributed by atoms with Gasteiger partial charge in [0.05, 0.1) is 12.2 Å². The molecule has 1 amide bonds. The molecule has 0 atom stereocenters. The number of amides is 1. The number of hydrogen-bond acceptors (Lipinski definition) is 7. The van der Waals surface area contributed by atoms with Crippen LogP contribution < -0.4 is 20.3 Å². The maximum atomic E-state index is 13.4. The number of ether oxygens (including phenoxy) is 1. The minimum atomic E-state index is -4.58. The van der Waals surface area contributed by atoms with Crippen molar-refractivity contribution in [1.29, 1.82) is 5.26 Å². The Morgan fingerprint density at radius 1 is 1.20 bits per heavy atom. The summed E-state index contributed by atoms with van der Waals surface area (Å²) in [5.74, 6) is 0.566. The third-order valence-electron chi connectivity index (χ3n) is 7.64. The molecule has 40 heavy (non-hydrogen) atoms. The first-order valence-corrected chi connectivity index (χ1v) is 13.2. The van der Waals surface area contributed by atoms with Gasteiger partial charge in [0.15, 0.2) is 0 Å². The summed E-state index contributed by atoms with van der Waals surface area (Å²) in [6.07, 6.45) is -1.51. The highest BCUT2D eigenvalue weighted by Gasteiger charge is 2.46. The Kier molecular flexibility index (Phi) is 7.38. The van der Waals surface area contributed by atoms with Crippen LogP contribution in [-0.2, 0) is 16.4 Å². The van der Waals surface area contributed by atoms with Gasteiger partial charge in [0.25, 0.3) is 0 Å². The van der Waals surface area contributed by atoms with E-state index >= 15 is 0 Å². The normalized spacial score (nSPS) is 16.1. The molecule has 0 radical (unpaired) electrons. The molecule has 5 rings (SSSR count). The predicted octanol–water partition coefficient (Wildman–Crippen LogP) is 4.67. The molecule has 2 aliphatic heterocycles. The minimum Gasteiger partial charge on any atom is -0.478 e. The molecule has 2 aromatic heterocycles. The fraction of sp³-hybridized carbons (Fsp3) is 0.379. The van der Waals surface area contributed by atoms with Gasteiger partial charge in [0, 0.05) is 55.5 Å². The van der Waals surface area contributed by atoms with E-state index in [0.29, 0.717) is 45.0 Å². The number of carbonyl (C=O) groups is 1. The third kappa shape index (κ3) is 5.07. The van der Waals surface area contributed by atoms with Gasteiger partial charge in [-0.05, 0) is 61.2 Å². The van der Waals surface area contributed by atoms with Crippen LogP contribution in [0.5, 0.6) is 5.88 Å². The summed E-state index contributed by atoms with van der Waals surface area (Å²) in [5.41, 5.74) is 7.70. The molecule has 3 aromatic rings. The van der Waals surface area contributed by atoms with Crippen molar-refractivity contribution in [2.75, 3.05) is 42.6 Å². The zero-order chi connectivity index (χ0) is 28.5. The van der Waals surface area contributed by atoms with Crippen molar-refractivity contribution in [2.24, 2.45) is 5.73 Å². The Balaban J connectivity index is 1.48. The van der Waals surface area contributed by atoms with Gasteiger partial charge in [-0.1, -0.05) is 12.1 Å². The Bertz CT molecular complexity index is 1460. The van der Waals surface area contributed by atoms with Gasteiger partial charge in [0.1, 0.15) is 17.6 Å². The van der Waals surface area contributed by atoms with Crippen LogP contribution in [0.15, 0.2) is 48.7 Å². The molecule has 0 saturated carbocycles. The van der Waals surface area contributed by atoms with Crippen molar-refractivity contribution >= 4 is 17.4 Å². The zero-order valence-corrected chi connectivity index (χ0v) is 22.0. The molecule has 11 heteroatoms. The first kappa shape index (κ1) is 27.4. The van der Waals surface area contributed by atoms with Gasteiger partial charge in [0.2, 0.25) is 11.8 Å². The lowest BCUT2D eigenvalue weighted by Crippen LogP contribution is -2.46. The lowest BCUT2D eigenvalue weighted by molar-refractivity contribution is -0.137. The Labute approximate surface area is 230 Å². The number of nitrogens with two attached hydrogens (primary N) is 1.